The van der Waals surface area contributed by atoms with Crippen molar-refractivity contribution in [1.82, 2.24) is 16.0 Å². The van der Waals surface area contributed by atoms with Gasteiger partial charge in [0.1, 0.15) is 18.1 Å². The second-order valence-electron chi connectivity index (χ2n) is 8.19. The van der Waals surface area contributed by atoms with Crippen molar-refractivity contribution in [1.29, 1.82) is 0 Å². The van der Waals surface area contributed by atoms with Gasteiger partial charge in [-0.2, -0.15) is 11.8 Å². The van der Waals surface area contributed by atoms with Crippen LogP contribution in [0.25, 0.3) is 0 Å². The Bertz CT molecular complexity index is 775. The fourth-order valence-corrected chi connectivity index (χ4v) is 3.26. The van der Waals surface area contributed by atoms with Gasteiger partial charge in [0.2, 0.25) is 23.6 Å². The fourth-order valence-electron chi connectivity index (χ4n) is 2.79. The molecule has 4 unspecified atom stereocenters. The molecule has 0 spiro atoms. The summed E-state index contributed by atoms with van der Waals surface area (Å²) in [6, 6.07) is -4.58. The van der Waals surface area contributed by atoms with E-state index >= 15 is 0 Å². The topological polar surface area (TPSA) is 258 Å². The lowest BCUT2D eigenvalue weighted by Gasteiger charge is -2.25. The molecule has 12 N–H and O–H groups in total. The highest BCUT2D eigenvalue weighted by Gasteiger charge is 2.31. The molecule has 4 atom stereocenters. The van der Waals surface area contributed by atoms with E-state index in [1.54, 1.807) is 20.1 Å². The second-order valence-corrected chi connectivity index (χ2v) is 9.18. The number of carboxylic acid groups (broad SMARTS) is 1. The molecule has 0 aromatic heterocycles. The van der Waals surface area contributed by atoms with Crippen LogP contribution in [-0.2, 0) is 24.0 Å². The molecule has 0 rings (SSSR count). The second kappa shape index (κ2) is 16.5. The molecule has 0 saturated heterocycles. The average Bonchev–Trinajstić information content (AvgIpc) is 2.76. The molecular weight excluding hydrogens is 480 g/mol. The first-order valence-corrected chi connectivity index (χ1v) is 12.4. The number of nitrogens with zero attached hydrogens (tertiary/aromatic N) is 1. The molecule has 14 nitrogen and oxygen atoms in total. The molecule has 15 heteroatoms. The van der Waals surface area contributed by atoms with Crippen LogP contribution in [0.2, 0.25) is 0 Å². The molecule has 0 aliphatic heterocycles. The molecule has 200 valence electrons. The van der Waals surface area contributed by atoms with Gasteiger partial charge in [-0.15, -0.1) is 0 Å². The largest absolute Gasteiger partial charge is 0.480 e. The van der Waals surface area contributed by atoms with Gasteiger partial charge in [-0.1, -0.05) is 13.8 Å². The Balaban J connectivity index is 5.58. The summed E-state index contributed by atoms with van der Waals surface area (Å²) in [7, 11) is 0. The van der Waals surface area contributed by atoms with E-state index in [0.717, 1.165) is 0 Å². The number of carbonyl (C=O) groups excluding carboxylic acids is 4. The van der Waals surface area contributed by atoms with Crippen molar-refractivity contribution >= 4 is 47.3 Å². The summed E-state index contributed by atoms with van der Waals surface area (Å²) in [4.78, 5) is 64.6. The number of rotatable bonds is 17. The molecule has 4 amide bonds. The Morgan fingerprint density at radius 2 is 1.40 bits per heavy atom. The van der Waals surface area contributed by atoms with Crippen molar-refractivity contribution in [3.05, 3.63) is 0 Å². The van der Waals surface area contributed by atoms with Gasteiger partial charge in [0.15, 0.2) is 5.96 Å². The number of guanidine groups is 1. The molecule has 0 bridgehead atoms. The Morgan fingerprint density at radius 1 is 0.886 bits per heavy atom. The highest BCUT2D eigenvalue weighted by molar-refractivity contribution is 7.98. The maximum absolute atomic E-state index is 13.0. The number of thioether (sulfide) groups is 1. The number of hydrogen-bond donors (Lipinski definition) is 8. The summed E-state index contributed by atoms with van der Waals surface area (Å²) in [5.41, 5.74) is 21.5. The minimum absolute atomic E-state index is 0.116. The number of primary amides is 1. The van der Waals surface area contributed by atoms with Gasteiger partial charge in [-0.25, -0.2) is 4.79 Å². The Hall–Kier alpha value is -3.07. The molecule has 35 heavy (non-hydrogen) atoms. The summed E-state index contributed by atoms with van der Waals surface area (Å²) in [6.07, 6.45) is 1.84. The molecule has 0 heterocycles. The van der Waals surface area contributed by atoms with Crippen LogP contribution >= 0.6 is 11.8 Å². The molecule has 0 aliphatic carbocycles. The first kappa shape index (κ1) is 31.9. The van der Waals surface area contributed by atoms with E-state index in [-0.39, 0.29) is 31.3 Å². The van der Waals surface area contributed by atoms with Gasteiger partial charge in [0.25, 0.3) is 0 Å². The third-order valence-corrected chi connectivity index (χ3v) is 5.51. The first-order valence-electron chi connectivity index (χ1n) is 11.0. The molecule has 0 aliphatic rings. The standard InChI is InChI=1S/C20H38N8O6S/c1-10(2)15(22)18(32)27-11(5-4-7-25-20(23)24)16(30)26-12(6-8-35-3)17(31)28-13(19(33)34)9-14(21)29/h10-13,15H,4-9,22H2,1-3H3,(H2,21,29)(H,26,30)(H,27,32)(H,28,31)(H,33,34)(H4,23,24,25). The van der Waals surface area contributed by atoms with Crippen molar-refractivity contribution in [3.63, 3.8) is 0 Å². The first-order chi connectivity index (χ1) is 16.3. The predicted octanol–water partition coefficient (Wildman–Crippen LogP) is -2.81. The summed E-state index contributed by atoms with van der Waals surface area (Å²) < 4.78 is 0. The quantitative estimate of drug-likeness (QED) is 0.0556. The number of amides is 4. The van der Waals surface area contributed by atoms with Gasteiger partial charge in [0, 0.05) is 6.54 Å². The van der Waals surface area contributed by atoms with Crippen LogP contribution in [-0.4, -0.2) is 83.4 Å². The van der Waals surface area contributed by atoms with Gasteiger partial charge in [0.05, 0.1) is 12.5 Å². The lowest BCUT2D eigenvalue weighted by Crippen LogP contribution is -2.57. The highest BCUT2D eigenvalue weighted by Crippen LogP contribution is 2.07. The van der Waals surface area contributed by atoms with E-state index in [9.17, 15) is 29.1 Å². The van der Waals surface area contributed by atoms with Crippen molar-refractivity contribution < 1.29 is 29.1 Å². The van der Waals surface area contributed by atoms with E-state index in [1.165, 1.54) is 11.8 Å². The van der Waals surface area contributed by atoms with Crippen LogP contribution in [0, 0.1) is 5.92 Å². The lowest BCUT2D eigenvalue weighted by molar-refractivity contribution is -0.143. The summed E-state index contributed by atoms with van der Waals surface area (Å²) in [6.45, 7) is 3.72. The minimum Gasteiger partial charge on any atom is -0.480 e. The number of nitrogens with one attached hydrogen (secondary N) is 3. The van der Waals surface area contributed by atoms with Gasteiger partial charge in [-0.05, 0) is 37.2 Å². The lowest BCUT2D eigenvalue weighted by atomic mass is 10.0. The third kappa shape index (κ3) is 13.4. The van der Waals surface area contributed by atoms with E-state index in [2.05, 4.69) is 20.9 Å². The number of carbonyl (C=O) groups is 5. The van der Waals surface area contributed by atoms with Gasteiger partial charge >= 0.3 is 5.97 Å². The van der Waals surface area contributed by atoms with E-state index in [1.807, 2.05) is 0 Å². The maximum Gasteiger partial charge on any atom is 0.326 e. The number of carboxylic acids is 1. The Labute approximate surface area is 208 Å². The van der Waals surface area contributed by atoms with Gasteiger partial charge in [-0.3, -0.25) is 24.2 Å². The molecule has 0 aromatic rings. The monoisotopic (exact) mass is 518 g/mol. The third-order valence-electron chi connectivity index (χ3n) is 4.86. The van der Waals surface area contributed by atoms with E-state index in [4.69, 9.17) is 22.9 Å². The van der Waals surface area contributed by atoms with Crippen molar-refractivity contribution in [2.24, 2.45) is 33.8 Å². The predicted molar refractivity (Wildman–Crippen MR) is 133 cm³/mol. The fraction of sp³-hybridized carbons (Fsp3) is 0.700. The Kier molecular flexibility index (Phi) is 15.1. The molecule has 0 aromatic carbocycles. The molecule has 0 fully saturated rings. The zero-order valence-electron chi connectivity index (χ0n) is 20.3. The van der Waals surface area contributed by atoms with E-state index < -0.39 is 60.2 Å². The van der Waals surface area contributed by atoms with Crippen LogP contribution in [0.15, 0.2) is 4.99 Å². The SMILES string of the molecule is CSCCC(NC(=O)C(CCCN=C(N)N)NC(=O)C(N)C(C)C)C(=O)NC(CC(N)=O)C(=O)O. The van der Waals surface area contributed by atoms with E-state index in [0.29, 0.717) is 12.2 Å². The molecule has 0 radical (unpaired) electrons. The van der Waals surface area contributed by atoms with Crippen LogP contribution in [0.5, 0.6) is 0 Å². The normalized spacial score (nSPS) is 14.2. The zero-order chi connectivity index (χ0) is 27.1. The number of hydrogen-bond acceptors (Lipinski definition) is 8. The number of nitrogens with two attached hydrogens (primary N) is 4. The van der Waals surface area contributed by atoms with Crippen LogP contribution in [0.1, 0.15) is 39.5 Å². The van der Waals surface area contributed by atoms with Crippen molar-refractivity contribution in [2.75, 3.05) is 18.6 Å². The van der Waals surface area contributed by atoms with Crippen LogP contribution < -0.4 is 38.9 Å². The number of aliphatic imine (C=N–C) groups is 1. The minimum atomic E-state index is -1.55. The highest BCUT2D eigenvalue weighted by atomic mass is 32.2. The smallest absolute Gasteiger partial charge is 0.326 e. The summed E-state index contributed by atoms with van der Waals surface area (Å²) >= 11 is 1.41. The summed E-state index contributed by atoms with van der Waals surface area (Å²) in [5, 5.41) is 16.6. The zero-order valence-corrected chi connectivity index (χ0v) is 21.1. The van der Waals surface area contributed by atoms with Crippen LogP contribution in [0.4, 0.5) is 0 Å². The molecular formula is C20H38N8O6S. The van der Waals surface area contributed by atoms with Crippen LogP contribution in [0.3, 0.4) is 0 Å². The van der Waals surface area contributed by atoms with Gasteiger partial charge < -0.3 is 44.0 Å². The average molecular weight is 519 g/mol. The maximum atomic E-state index is 13.0. The molecule has 0 saturated carbocycles. The van der Waals surface area contributed by atoms with Crippen molar-refractivity contribution in [3.8, 4) is 0 Å². The summed E-state index contributed by atoms with van der Waals surface area (Å²) in [5.74, 6) is -4.20. The number of aliphatic carboxylic acids is 1. The van der Waals surface area contributed by atoms with Crippen molar-refractivity contribution in [2.45, 2.75) is 63.7 Å². The Morgan fingerprint density at radius 3 is 1.86 bits per heavy atom.